The molecule has 0 spiro atoms. The minimum Gasteiger partial charge on any atom is -0.508 e. The van der Waals surface area contributed by atoms with Gasteiger partial charge in [0.1, 0.15) is 5.75 Å². The predicted molar refractivity (Wildman–Crippen MR) is 69.7 cm³/mol. The number of nitrogens with two attached hydrogens (primary N) is 1. The zero-order valence-electron chi connectivity index (χ0n) is 10.5. The number of benzene rings is 1. The highest BCUT2D eigenvalue weighted by molar-refractivity contribution is 5.25. The summed E-state index contributed by atoms with van der Waals surface area (Å²) in [5, 5.41) is 9.25. The fraction of sp³-hybridized carbons (Fsp3) is 0.571. The Balaban J connectivity index is 1.93. The Morgan fingerprint density at radius 2 is 2.06 bits per heavy atom. The minimum absolute atomic E-state index is 0.334. The Kier molecular flexibility index (Phi) is 4.02. The SMILES string of the molecule is CC1CCN(Cc2ccc(O)cc2)CC1CN. The van der Waals surface area contributed by atoms with Gasteiger partial charge in [0.2, 0.25) is 0 Å². The zero-order chi connectivity index (χ0) is 12.3. The summed E-state index contributed by atoms with van der Waals surface area (Å²) in [5.74, 6) is 1.71. The minimum atomic E-state index is 0.334. The molecule has 1 aromatic rings. The molecule has 0 bridgehead atoms. The van der Waals surface area contributed by atoms with Gasteiger partial charge in [-0.25, -0.2) is 0 Å². The van der Waals surface area contributed by atoms with Crippen LogP contribution in [0.1, 0.15) is 18.9 Å². The summed E-state index contributed by atoms with van der Waals surface area (Å²) in [5.41, 5.74) is 7.07. The number of likely N-dealkylation sites (tertiary alicyclic amines) is 1. The van der Waals surface area contributed by atoms with Crippen molar-refractivity contribution in [1.29, 1.82) is 0 Å². The normalized spacial score (nSPS) is 26.0. The van der Waals surface area contributed by atoms with Crippen LogP contribution in [0.25, 0.3) is 0 Å². The maximum absolute atomic E-state index is 9.25. The second-order valence-corrected chi connectivity index (χ2v) is 5.16. The van der Waals surface area contributed by atoms with E-state index in [0.717, 1.165) is 32.1 Å². The molecule has 0 aliphatic carbocycles. The van der Waals surface area contributed by atoms with Crippen LogP contribution in [-0.2, 0) is 6.54 Å². The van der Waals surface area contributed by atoms with Crippen LogP contribution in [0.2, 0.25) is 0 Å². The van der Waals surface area contributed by atoms with Gasteiger partial charge in [0, 0.05) is 13.1 Å². The van der Waals surface area contributed by atoms with Crippen molar-refractivity contribution in [2.24, 2.45) is 17.6 Å². The summed E-state index contributed by atoms with van der Waals surface area (Å²) in [6.45, 7) is 6.29. The van der Waals surface area contributed by atoms with Crippen molar-refractivity contribution in [1.82, 2.24) is 4.90 Å². The lowest BCUT2D eigenvalue weighted by molar-refractivity contribution is 0.126. The Hall–Kier alpha value is -1.06. The maximum Gasteiger partial charge on any atom is 0.115 e. The molecule has 1 aromatic carbocycles. The molecule has 0 radical (unpaired) electrons. The number of hydrogen-bond acceptors (Lipinski definition) is 3. The van der Waals surface area contributed by atoms with E-state index in [0.29, 0.717) is 11.7 Å². The van der Waals surface area contributed by atoms with Gasteiger partial charge in [-0.3, -0.25) is 4.90 Å². The van der Waals surface area contributed by atoms with Crippen LogP contribution in [0.5, 0.6) is 5.75 Å². The molecule has 17 heavy (non-hydrogen) atoms. The fourth-order valence-corrected chi connectivity index (χ4v) is 2.53. The van der Waals surface area contributed by atoms with Crippen molar-refractivity contribution < 1.29 is 5.11 Å². The lowest BCUT2D eigenvalue weighted by Crippen LogP contribution is -2.42. The molecule has 0 amide bonds. The van der Waals surface area contributed by atoms with Gasteiger partial charge in [-0.1, -0.05) is 19.1 Å². The molecule has 3 nitrogen and oxygen atoms in total. The summed E-state index contributed by atoms with van der Waals surface area (Å²) >= 11 is 0. The van der Waals surface area contributed by atoms with Gasteiger partial charge in [-0.15, -0.1) is 0 Å². The van der Waals surface area contributed by atoms with Crippen molar-refractivity contribution in [2.75, 3.05) is 19.6 Å². The average molecular weight is 234 g/mol. The number of aromatic hydroxyl groups is 1. The summed E-state index contributed by atoms with van der Waals surface area (Å²) in [4.78, 5) is 2.46. The molecule has 1 saturated heterocycles. The van der Waals surface area contributed by atoms with E-state index in [-0.39, 0.29) is 0 Å². The fourth-order valence-electron chi connectivity index (χ4n) is 2.53. The molecule has 2 rings (SSSR count). The summed E-state index contributed by atoms with van der Waals surface area (Å²) in [6.07, 6.45) is 1.24. The standard InChI is InChI=1S/C14H22N2O/c1-11-6-7-16(10-13(11)8-15)9-12-2-4-14(17)5-3-12/h2-5,11,13,17H,6-10,15H2,1H3. The Morgan fingerprint density at radius 3 is 2.71 bits per heavy atom. The topological polar surface area (TPSA) is 49.5 Å². The van der Waals surface area contributed by atoms with E-state index in [4.69, 9.17) is 5.73 Å². The van der Waals surface area contributed by atoms with Gasteiger partial charge in [-0.2, -0.15) is 0 Å². The van der Waals surface area contributed by atoms with E-state index in [2.05, 4.69) is 11.8 Å². The highest BCUT2D eigenvalue weighted by atomic mass is 16.3. The lowest BCUT2D eigenvalue weighted by Gasteiger charge is -2.36. The molecule has 0 saturated carbocycles. The van der Waals surface area contributed by atoms with E-state index in [1.54, 1.807) is 12.1 Å². The van der Waals surface area contributed by atoms with Crippen LogP contribution in [-0.4, -0.2) is 29.6 Å². The van der Waals surface area contributed by atoms with Gasteiger partial charge in [0.25, 0.3) is 0 Å². The summed E-state index contributed by atoms with van der Waals surface area (Å²) in [6, 6.07) is 7.49. The molecule has 2 atom stereocenters. The molecule has 1 fully saturated rings. The molecule has 1 heterocycles. The van der Waals surface area contributed by atoms with Gasteiger partial charge >= 0.3 is 0 Å². The monoisotopic (exact) mass is 234 g/mol. The van der Waals surface area contributed by atoms with Crippen LogP contribution in [0.4, 0.5) is 0 Å². The largest absolute Gasteiger partial charge is 0.508 e. The van der Waals surface area contributed by atoms with Gasteiger partial charge < -0.3 is 10.8 Å². The quantitative estimate of drug-likeness (QED) is 0.838. The first-order valence-corrected chi connectivity index (χ1v) is 6.39. The number of piperidine rings is 1. The zero-order valence-corrected chi connectivity index (χ0v) is 10.5. The molecule has 1 aliphatic heterocycles. The molecule has 1 aliphatic rings. The summed E-state index contributed by atoms with van der Waals surface area (Å²) in [7, 11) is 0. The Bertz CT molecular complexity index is 350. The molecular weight excluding hydrogens is 212 g/mol. The van der Waals surface area contributed by atoms with Crippen molar-refractivity contribution in [3.05, 3.63) is 29.8 Å². The summed E-state index contributed by atoms with van der Waals surface area (Å²) < 4.78 is 0. The molecule has 94 valence electrons. The number of phenols is 1. The van der Waals surface area contributed by atoms with Crippen LogP contribution in [0.15, 0.2) is 24.3 Å². The van der Waals surface area contributed by atoms with Crippen molar-refractivity contribution in [3.8, 4) is 5.75 Å². The predicted octanol–water partition coefficient (Wildman–Crippen LogP) is 1.81. The first-order valence-electron chi connectivity index (χ1n) is 6.39. The van der Waals surface area contributed by atoms with Gasteiger partial charge in [-0.05, 0) is 49.0 Å². The lowest BCUT2D eigenvalue weighted by atomic mass is 9.87. The van der Waals surface area contributed by atoms with E-state index in [1.165, 1.54) is 12.0 Å². The highest BCUT2D eigenvalue weighted by Crippen LogP contribution is 2.23. The van der Waals surface area contributed by atoms with Crippen LogP contribution >= 0.6 is 0 Å². The number of nitrogens with zero attached hydrogens (tertiary/aromatic N) is 1. The average Bonchev–Trinajstić information content (AvgIpc) is 2.34. The van der Waals surface area contributed by atoms with Crippen LogP contribution in [0, 0.1) is 11.8 Å². The van der Waals surface area contributed by atoms with E-state index in [9.17, 15) is 5.11 Å². The third-order valence-corrected chi connectivity index (χ3v) is 3.84. The molecule has 3 heteroatoms. The first-order chi connectivity index (χ1) is 8.19. The molecule has 3 N–H and O–H groups in total. The number of hydrogen-bond donors (Lipinski definition) is 2. The van der Waals surface area contributed by atoms with E-state index in [1.807, 2.05) is 12.1 Å². The van der Waals surface area contributed by atoms with Crippen LogP contribution in [0.3, 0.4) is 0 Å². The second kappa shape index (κ2) is 5.52. The van der Waals surface area contributed by atoms with E-state index < -0.39 is 0 Å². The Morgan fingerprint density at radius 1 is 1.35 bits per heavy atom. The number of rotatable bonds is 3. The van der Waals surface area contributed by atoms with Crippen LogP contribution < -0.4 is 5.73 Å². The van der Waals surface area contributed by atoms with Crippen molar-refractivity contribution >= 4 is 0 Å². The molecule has 0 aromatic heterocycles. The first kappa shape index (κ1) is 12.4. The van der Waals surface area contributed by atoms with Crippen molar-refractivity contribution in [3.63, 3.8) is 0 Å². The molecule has 2 unspecified atom stereocenters. The second-order valence-electron chi connectivity index (χ2n) is 5.16. The molecular formula is C14H22N2O. The third-order valence-electron chi connectivity index (χ3n) is 3.84. The smallest absolute Gasteiger partial charge is 0.115 e. The number of phenolic OH excluding ortho intramolecular Hbond substituents is 1. The van der Waals surface area contributed by atoms with Crippen molar-refractivity contribution in [2.45, 2.75) is 19.9 Å². The van der Waals surface area contributed by atoms with E-state index >= 15 is 0 Å². The highest BCUT2D eigenvalue weighted by Gasteiger charge is 2.24. The Labute approximate surface area is 103 Å². The maximum atomic E-state index is 9.25. The van der Waals surface area contributed by atoms with Gasteiger partial charge in [0.05, 0.1) is 0 Å². The third kappa shape index (κ3) is 3.20. The van der Waals surface area contributed by atoms with Gasteiger partial charge in [0.15, 0.2) is 0 Å².